The molecular formula is C10H12N2O3. The van der Waals surface area contributed by atoms with Crippen LogP contribution in [0.5, 0.6) is 5.88 Å². The second kappa shape index (κ2) is 4.99. The summed E-state index contributed by atoms with van der Waals surface area (Å²) in [7, 11) is 2.80. The molecule has 5 heteroatoms. The van der Waals surface area contributed by atoms with E-state index in [1.807, 2.05) is 0 Å². The molecule has 0 unspecified atom stereocenters. The number of carbonyl (C=O) groups excluding carboxylic acids is 1. The quantitative estimate of drug-likeness (QED) is 0.589. The molecular weight excluding hydrogens is 196 g/mol. The van der Waals surface area contributed by atoms with Crippen LogP contribution in [0.25, 0.3) is 6.08 Å². The number of anilines is 1. The predicted octanol–water partition coefficient (Wildman–Crippen LogP) is 0.859. The third-order valence-electron chi connectivity index (χ3n) is 1.71. The van der Waals surface area contributed by atoms with Crippen molar-refractivity contribution in [2.45, 2.75) is 0 Å². The topological polar surface area (TPSA) is 74.4 Å². The molecule has 80 valence electrons. The Morgan fingerprint density at radius 2 is 2.27 bits per heavy atom. The number of nitrogens with zero attached hydrogens (tertiary/aromatic N) is 1. The summed E-state index contributed by atoms with van der Waals surface area (Å²) in [5, 5.41) is 0. The first kappa shape index (κ1) is 11.0. The Kier molecular flexibility index (Phi) is 3.68. The van der Waals surface area contributed by atoms with Gasteiger partial charge in [-0.15, -0.1) is 0 Å². The van der Waals surface area contributed by atoms with E-state index in [0.29, 0.717) is 17.1 Å². The van der Waals surface area contributed by atoms with Crippen molar-refractivity contribution in [2.75, 3.05) is 20.0 Å². The molecule has 2 N–H and O–H groups in total. The Hall–Kier alpha value is -2.04. The van der Waals surface area contributed by atoms with Crippen molar-refractivity contribution in [3.05, 3.63) is 23.9 Å². The summed E-state index contributed by atoms with van der Waals surface area (Å²) < 4.78 is 9.34. The minimum atomic E-state index is -0.426. The fraction of sp³-hybridized carbons (Fsp3) is 0.200. The summed E-state index contributed by atoms with van der Waals surface area (Å²) in [5.74, 6) is -0.0605. The van der Waals surface area contributed by atoms with E-state index in [2.05, 4.69) is 9.72 Å². The summed E-state index contributed by atoms with van der Waals surface area (Å²) >= 11 is 0. The number of pyridine rings is 1. The number of nitrogens with two attached hydrogens (primary N) is 1. The average Bonchev–Trinajstić information content (AvgIpc) is 2.26. The number of esters is 1. The van der Waals surface area contributed by atoms with Gasteiger partial charge in [0.1, 0.15) is 0 Å². The molecule has 5 nitrogen and oxygen atoms in total. The van der Waals surface area contributed by atoms with Gasteiger partial charge in [0.15, 0.2) is 0 Å². The number of aromatic nitrogens is 1. The van der Waals surface area contributed by atoms with Gasteiger partial charge in [-0.3, -0.25) is 0 Å². The van der Waals surface area contributed by atoms with Crippen molar-refractivity contribution in [2.24, 2.45) is 0 Å². The molecule has 15 heavy (non-hydrogen) atoms. The average molecular weight is 208 g/mol. The zero-order valence-electron chi connectivity index (χ0n) is 8.56. The Morgan fingerprint density at radius 1 is 1.53 bits per heavy atom. The van der Waals surface area contributed by atoms with Crippen molar-refractivity contribution in [3.63, 3.8) is 0 Å². The highest BCUT2D eigenvalue weighted by atomic mass is 16.5. The number of rotatable bonds is 3. The van der Waals surface area contributed by atoms with Gasteiger partial charge in [-0.05, 0) is 17.7 Å². The summed E-state index contributed by atoms with van der Waals surface area (Å²) in [6.45, 7) is 0. The molecule has 0 aliphatic rings. The van der Waals surface area contributed by atoms with Crippen molar-refractivity contribution in [1.29, 1.82) is 0 Å². The van der Waals surface area contributed by atoms with Crippen LogP contribution in [0.2, 0.25) is 0 Å². The highest BCUT2D eigenvalue weighted by Crippen LogP contribution is 2.18. The second-order valence-corrected chi connectivity index (χ2v) is 2.72. The van der Waals surface area contributed by atoms with Crippen molar-refractivity contribution >= 4 is 17.7 Å². The maximum absolute atomic E-state index is 10.8. The molecule has 0 fully saturated rings. The summed E-state index contributed by atoms with van der Waals surface area (Å²) in [4.78, 5) is 14.8. The monoisotopic (exact) mass is 208 g/mol. The molecule has 1 aromatic heterocycles. The lowest BCUT2D eigenvalue weighted by Gasteiger charge is -2.02. The minimum absolute atomic E-state index is 0.366. The number of nitrogen functional groups attached to an aromatic ring is 1. The molecule has 0 aliphatic carbocycles. The normalized spacial score (nSPS) is 10.3. The van der Waals surface area contributed by atoms with Crippen molar-refractivity contribution in [1.82, 2.24) is 4.98 Å². The Morgan fingerprint density at radius 3 is 2.80 bits per heavy atom. The SMILES string of the molecule is COC(=O)C=Cc1cnc(OC)c(N)c1. The first-order valence-electron chi connectivity index (χ1n) is 4.23. The van der Waals surface area contributed by atoms with E-state index in [-0.39, 0.29) is 0 Å². The molecule has 0 aliphatic heterocycles. The largest absolute Gasteiger partial charge is 0.480 e. The Balaban J connectivity index is 2.84. The van der Waals surface area contributed by atoms with Crippen LogP contribution in [0, 0.1) is 0 Å². The molecule has 0 saturated heterocycles. The van der Waals surface area contributed by atoms with Gasteiger partial charge in [0.2, 0.25) is 5.88 Å². The first-order valence-corrected chi connectivity index (χ1v) is 4.23. The van der Waals surface area contributed by atoms with Gasteiger partial charge in [0.05, 0.1) is 19.9 Å². The molecule has 0 atom stereocenters. The van der Waals surface area contributed by atoms with Gasteiger partial charge in [-0.25, -0.2) is 9.78 Å². The lowest BCUT2D eigenvalue weighted by atomic mass is 10.2. The minimum Gasteiger partial charge on any atom is -0.480 e. The lowest BCUT2D eigenvalue weighted by Crippen LogP contribution is -1.96. The fourth-order valence-corrected chi connectivity index (χ4v) is 0.980. The van der Waals surface area contributed by atoms with E-state index in [1.165, 1.54) is 20.3 Å². The van der Waals surface area contributed by atoms with E-state index < -0.39 is 5.97 Å². The van der Waals surface area contributed by atoms with Gasteiger partial charge >= 0.3 is 5.97 Å². The highest BCUT2D eigenvalue weighted by molar-refractivity contribution is 5.87. The van der Waals surface area contributed by atoms with Crippen LogP contribution in [-0.2, 0) is 9.53 Å². The molecule has 0 radical (unpaired) electrons. The molecule has 0 saturated carbocycles. The Labute approximate surface area is 87.5 Å². The summed E-state index contributed by atoms with van der Waals surface area (Å²) in [5.41, 5.74) is 6.76. The van der Waals surface area contributed by atoms with E-state index in [4.69, 9.17) is 10.5 Å². The van der Waals surface area contributed by atoms with Gasteiger partial charge in [0.25, 0.3) is 0 Å². The van der Waals surface area contributed by atoms with Gasteiger partial charge in [-0.1, -0.05) is 0 Å². The van der Waals surface area contributed by atoms with E-state index >= 15 is 0 Å². The number of hydrogen-bond donors (Lipinski definition) is 1. The first-order chi connectivity index (χ1) is 7.17. The molecule has 0 bridgehead atoms. The van der Waals surface area contributed by atoms with Gasteiger partial charge in [-0.2, -0.15) is 0 Å². The van der Waals surface area contributed by atoms with Gasteiger partial charge in [0, 0.05) is 12.3 Å². The third-order valence-corrected chi connectivity index (χ3v) is 1.71. The number of hydrogen-bond acceptors (Lipinski definition) is 5. The smallest absolute Gasteiger partial charge is 0.330 e. The number of carbonyl (C=O) groups is 1. The van der Waals surface area contributed by atoms with E-state index in [9.17, 15) is 4.79 Å². The fourth-order valence-electron chi connectivity index (χ4n) is 0.980. The molecule has 1 aromatic rings. The molecule has 1 rings (SSSR count). The molecule has 0 aromatic carbocycles. The van der Waals surface area contributed by atoms with Crippen LogP contribution in [0.3, 0.4) is 0 Å². The zero-order valence-corrected chi connectivity index (χ0v) is 8.56. The van der Waals surface area contributed by atoms with E-state index in [0.717, 1.165) is 0 Å². The highest BCUT2D eigenvalue weighted by Gasteiger charge is 2.00. The van der Waals surface area contributed by atoms with Crippen LogP contribution >= 0.6 is 0 Å². The van der Waals surface area contributed by atoms with Crippen LogP contribution < -0.4 is 10.5 Å². The van der Waals surface area contributed by atoms with Crippen LogP contribution in [0.4, 0.5) is 5.69 Å². The standard InChI is InChI=1S/C10H12N2O3/c1-14-9(13)4-3-7-5-8(11)10(15-2)12-6-7/h3-6H,11H2,1-2H3. The van der Waals surface area contributed by atoms with Crippen LogP contribution in [0.15, 0.2) is 18.3 Å². The number of methoxy groups -OCH3 is 2. The molecule has 1 heterocycles. The second-order valence-electron chi connectivity index (χ2n) is 2.72. The summed E-state index contributed by atoms with van der Waals surface area (Å²) in [6.07, 6.45) is 4.41. The number of ether oxygens (including phenoxy) is 2. The van der Waals surface area contributed by atoms with E-state index in [1.54, 1.807) is 18.3 Å². The van der Waals surface area contributed by atoms with Gasteiger partial charge < -0.3 is 15.2 Å². The maximum Gasteiger partial charge on any atom is 0.330 e. The third kappa shape index (κ3) is 2.98. The maximum atomic E-state index is 10.8. The van der Waals surface area contributed by atoms with Crippen molar-refractivity contribution in [3.8, 4) is 5.88 Å². The zero-order chi connectivity index (χ0) is 11.3. The molecule has 0 amide bonds. The Bertz CT molecular complexity index is 388. The van der Waals surface area contributed by atoms with Crippen LogP contribution in [-0.4, -0.2) is 25.2 Å². The summed E-state index contributed by atoms with van der Waals surface area (Å²) in [6, 6.07) is 1.66. The van der Waals surface area contributed by atoms with Crippen LogP contribution in [0.1, 0.15) is 5.56 Å². The van der Waals surface area contributed by atoms with Crippen molar-refractivity contribution < 1.29 is 14.3 Å². The lowest BCUT2D eigenvalue weighted by molar-refractivity contribution is -0.134. The predicted molar refractivity (Wildman–Crippen MR) is 56.3 cm³/mol. The molecule has 0 spiro atoms.